The van der Waals surface area contributed by atoms with Crippen molar-refractivity contribution in [2.45, 2.75) is 31.7 Å². The fourth-order valence-corrected chi connectivity index (χ4v) is 2.41. The van der Waals surface area contributed by atoms with E-state index in [0.29, 0.717) is 12.6 Å². The van der Waals surface area contributed by atoms with E-state index in [1.165, 1.54) is 0 Å². The third-order valence-corrected chi connectivity index (χ3v) is 3.56. The lowest BCUT2D eigenvalue weighted by Crippen LogP contribution is -2.35. The highest BCUT2D eigenvalue weighted by Gasteiger charge is 2.25. The van der Waals surface area contributed by atoms with Gasteiger partial charge in [0.05, 0.1) is 12.5 Å². The van der Waals surface area contributed by atoms with Gasteiger partial charge in [-0.3, -0.25) is 4.79 Å². The molecule has 1 saturated carbocycles. The summed E-state index contributed by atoms with van der Waals surface area (Å²) in [6.45, 7) is 0.664. The number of benzene rings is 1. The monoisotopic (exact) mass is 257 g/mol. The molecule has 0 heterocycles. The van der Waals surface area contributed by atoms with Gasteiger partial charge in [0.15, 0.2) is 0 Å². The van der Waals surface area contributed by atoms with Crippen LogP contribution in [-0.4, -0.2) is 23.7 Å². The van der Waals surface area contributed by atoms with Crippen LogP contribution in [0.1, 0.15) is 31.2 Å². The fraction of sp³-hybridized carbons (Fsp3) is 0.438. The quantitative estimate of drug-likeness (QED) is 0.817. The van der Waals surface area contributed by atoms with Crippen molar-refractivity contribution < 1.29 is 9.90 Å². The Morgan fingerprint density at radius 2 is 1.89 bits per heavy atom. The molecule has 3 nitrogen and oxygen atoms in total. The first-order valence-corrected chi connectivity index (χ1v) is 6.76. The van der Waals surface area contributed by atoms with Gasteiger partial charge in [-0.15, -0.1) is 0 Å². The summed E-state index contributed by atoms with van der Waals surface area (Å²) in [7, 11) is 0. The molecule has 0 aromatic heterocycles. The number of rotatable bonds is 3. The molecule has 0 radical (unpaired) electrons. The Morgan fingerprint density at radius 1 is 1.21 bits per heavy atom. The van der Waals surface area contributed by atoms with Crippen molar-refractivity contribution in [3.8, 4) is 11.8 Å². The first-order chi connectivity index (χ1) is 9.25. The fourth-order valence-electron chi connectivity index (χ4n) is 2.41. The minimum atomic E-state index is -0.651. The summed E-state index contributed by atoms with van der Waals surface area (Å²) >= 11 is 0. The molecule has 0 atom stereocenters. The maximum Gasteiger partial charge on any atom is 0.306 e. The third-order valence-electron chi connectivity index (χ3n) is 3.56. The van der Waals surface area contributed by atoms with E-state index >= 15 is 0 Å². The lowest BCUT2D eigenvalue weighted by atomic mass is 9.86. The average Bonchev–Trinajstić information content (AvgIpc) is 2.45. The molecular formula is C16H19NO2. The maximum absolute atomic E-state index is 10.8. The SMILES string of the molecule is O=C(O)C1CCC(NCC#Cc2ccccc2)CC1. The van der Waals surface area contributed by atoms with Crippen molar-refractivity contribution in [2.24, 2.45) is 5.92 Å². The van der Waals surface area contributed by atoms with E-state index in [2.05, 4.69) is 17.2 Å². The van der Waals surface area contributed by atoms with Gasteiger partial charge in [-0.2, -0.15) is 0 Å². The molecule has 1 aliphatic rings. The molecular weight excluding hydrogens is 238 g/mol. The Morgan fingerprint density at radius 3 is 2.53 bits per heavy atom. The molecule has 1 aromatic carbocycles. The van der Waals surface area contributed by atoms with Crippen molar-refractivity contribution in [3.05, 3.63) is 35.9 Å². The van der Waals surface area contributed by atoms with Gasteiger partial charge in [0, 0.05) is 11.6 Å². The lowest BCUT2D eigenvalue weighted by molar-refractivity contribution is -0.142. The van der Waals surface area contributed by atoms with Gasteiger partial charge >= 0.3 is 5.97 Å². The van der Waals surface area contributed by atoms with Gasteiger partial charge in [0.1, 0.15) is 0 Å². The summed E-state index contributed by atoms with van der Waals surface area (Å²) in [5.41, 5.74) is 1.03. The molecule has 0 spiro atoms. The molecule has 0 saturated heterocycles. The summed E-state index contributed by atoms with van der Waals surface area (Å²) in [6, 6.07) is 10.3. The van der Waals surface area contributed by atoms with Crippen molar-refractivity contribution >= 4 is 5.97 Å². The third kappa shape index (κ3) is 4.42. The van der Waals surface area contributed by atoms with Gasteiger partial charge in [0.2, 0.25) is 0 Å². The number of carboxylic acid groups (broad SMARTS) is 1. The second-order valence-electron chi connectivity index (χ2n) is 4.94. The molecule has 2 N–H and O–H groups in total. The van der Waals surface area contributed by atoms with Crippen LogP contribution in [0.2, 0.25) is 0 Å². The topological polar surface area (TPSA) is 49.3 Å². The van der Waals surface area contributed by atoms with E-state index in [9.17, 15) is 4.79 Å². The van der Waals surface area contributed by atoms with Gasteiger partial charge in [-0.25, -0.2) is 0 Å². The second kappa shape index (κ2) is 6.96. The summed E-state index contributed by atoms with van der Waals surface area (Å²) < 4.78 is 0. The molecule has 100 valence electrons. The average molecular weight is 257 g/mol. The molecule has 19 heavy (non-hydrogen) atoms. The van der Waals surface area contributed by atoms with Crippen LogP contribution >= 0.6 is 0 Å². The lowest BCUT2D eigenvalue weighted by Gasteiger charge is -2.26. The number of carboxylic acids is 1. The molecule has 2 rings (SSSR count). The Hall–Kier alpha value is -1.79. The van der Waals surface area contributed by atoms with Crippen LogP contribution in [0.4, 0.5) is 0 Å². The summed E-state index contributed by atoms with van der Waals surface area (Å²) in [5, 5.41) is 12.3. The van der Waals surface area contributed by atoms with Crippen molar-refractivity contribution in [1.82, 2.24) is 5.32 Å². The van der Waals surface area contributed by atoms with Crippen LogP contribution in [-0.2, 0) is 4.79 Å². The Bertz CT molecular complexity index is 465. The molecule has 0 bridgehead atoms. The highest BCUT2D eigenvalue weighted by Crippen LogP contribution is 2.24. The van der Waals surface area contributed by atoms with Crippen molar-refractivity contribution in [2.75, 3.05) is 6.54 Å². The Balaban J connectivity index is 1.70. The number of carbonyl (C=O) groups is 1. The molecule has 1 fully saturated rings. The van der Waals surface area contributed by atoms with Gasteiger partial charge in [-0.1, -0.05) is 30.0 Å². The minimum absolute atomic E-state index is 0.145. The van der Waals surface area contributed by atoms with E-state index in [1.54, 1.807) is 0 Å². The molecule has 1 aromatic rings. The highest BCUT2D eigenvalue weighted by atomic mass is 16.4. The molecule has 0 aliphatic heterocycles. The van der Waals surface area contributed by atoms with E-state index in [-0.39, 0.29) is 5.92 Å². The smallest absolute Gasteiger partial charge is 0.306 e. The van der Waals surface area contributed by atoms with Crippen molar-refractivity contribution in [3.63, 3.8) is 0 Å². The van der Waals surface area contributed by atoms with Crippen LogP contribution in [0, 0.1) is 17.8 Å². The van der Waals surface area contributed by atoms with Crippen LogP contribution in [0.15, 0.2) is 30.3 Å². The number of hydrogen-bond acceptors (Lipinski definition) is 2. The van der Waals surface area contributed by atoms with Gasteiger partial charge < -0.3 is 10.4 Å². The largest absolute Gasteiger partial charge is 0.481 e. The normalized spacial score (nSPS) is 22.3. The second-order valence-corrected chi connectivity index (χ2v) is 4.94. The molecule has 3 heteroatoms. The zero-order valence-corrected chi connectivity index (χ0v) is 10.9. The summed E-state index contributed by atoms with van der Waals surface area (Å²) in [4.78, 5) is 10.8. The predicted molar refractivity (Wildman–Crippen MR) is 74.7 cm³/mol. The van der Waals surface area contributed by atoms with Gasteiger partial charge in [0.25, 0.3) is 0 Å². The minimum Gasteiger partial charge on any atom is -0.481 e. The zero-order chi connectivity index (χ0) is 13.5. The van der Waals surface area contributed by atoms with E-state index in [4.69, 9.17) is 5.11 Å². The van der Waals surface area contributed by atoms with Crippen LogP contribution < -0.4 is 5.32 Å². The van der Waals surface area contributed by atoms with Gasteiger partial charge in [-0.05, 0) is 37.8 Å². The summed E-state index contributed by atoms with van der Waals surface area (Å²) in [5.74, 6) is 5.41. The Kier molecular flexibility index (Phi) is 5.00. The highest BCUT2D eigenvalue weighted by molar-refractivity contribution is 5.70. The van der Waals surface area contributed by atoms with Crippen LogP contribution in [0.5, 0.6) is 0 Å². The first-order valence-electron chi connectivity index (χ1n) is 6.76. The first kappa shape index (κ1) is 13.6. The Labute approximate surface area is 114 Å². The molecule has 0 unspecified atom stereocenters. The number of aliphatic carboxylic acids is 1. The molecule has 1 aliphatic carbocycles. The number of nitrogens with one attached hydrogen (secondary N) is 1. The van der Waals surface area contributed by atoms with Crippen LogP contribution in [0.3, 0.4) is 0 Å². The van der Waals surface area contributed by atoms with Crippen LogP contribution in [0.25, 0.3) is 0 Å². The van der Waals surface area contributed by atoms with E-state index in [1.807, 2.05) is 30.3 Å². The number of hydrogen-bond donors (Lipinski definition) is 2. The maximum atomic E-state index is 10.8. The zero-order valence-electron chi connectivity index (χ0n) is 10.9. The standard InChI is InChI=1S/C16H19NO2/c18-16(19)14-8-10-15(11-9-14)17-12-4-7-13-5-2-1-3-6-13/h1-3,5-6,14-15,17H,8-12H2,(H,18,19). The van der Waals surface area contributed by atoms with E-state index < -0.39 is 5.97 Å². The summed E-state index contributed by atoms with van der Waals surface area (Å²) in [6.07, 6.45) is 3.42. The van der Waals surface area contributed by atoms with Crippen molar-refractivity contribution in [1.29, 1.82) is 0 Å². The van der Waals surface area contributed by atoms with E-state index in [0.717, 1.165) is 31.2 Å². The molecule has 0 amide bonds. The predicted octanol–water partition coefficient (Wildman–Crippen LogP) is 2.27.